The van der Waals surface area contributed by atoms with Crippen LogP contribution in [0.5, 0.6) is 0 Å². The quantitative estimate of drug-likeness (QED) is 0.402. The average molecular weight is 568 g/mol. The summed E-state index contributed by atoms with van der Waals surface area (Å²) in [6.45, 7) is 4.22. The van der Waals surface area contributed by atoms with Gasteiger partial charge >= 0.3 is 0 Å². The molecule has 1 aromatic heterocycles. The second-order valence-electron chi connectivity index (χ2n) is 10.9. The molecule has 10 heteroatoms. The lowest BCUT2D eigenvalue weighted by atomic mass is 9.99. The number of hydrogen-bond acceptors (Lipinski definition) is 7. The fraction of sp³-hybridized carbons (Fsp3) is 0.344. The Morgan fingerprint density at radius 3 is 2.69 bits per heavy atom. The third kappa shape index (κ3) is 6.09. The van der Waals surface area contributed by atoms with Gasteiger partial charge in [0.25, 0.3) is 5.91 Å². The molecule has 4 amide bonds. The number of benzene rings is 2. The molecule has 0 bridgehead atoms. The molecule has 1 unspecified atom stereocenters. The lowest BCUT2D eigenvalue weighted by molar-refractivity contribution is -0.137. The lowest BCUT2D eigenvalue weighted by Gasteiger charge is -2.29. The van der Waals surface area contributed by atoms with Gasteiger partial charge in [-0.15, -0.1) is 0 Å². The van der Waals surface area contributed by atoms with E-state index in [0.717, 1.165) is 53.1 Å². The van der Waals surface area contributed by atoms with Crippen LogP contribution in [0.25, 0.3) is 11.1 Å². The number of nitrogens with zero attached hydrogens (tertiary/aromatic N) is 3. The molecule has 0 aliphatic carbocycles. The highest BCUT2D eigenvalue weighted by molar-refractivity contribution is 6.05. The number of hydrogen-bond donors (Lipinski definition) is 2. The SMILES string of the molecule is O=C1CCC(N2Cc3ccc(CCC(=O)Nc4ccc(-c5cccnc5)c(CN5CCOCC5)c4)cc3C2=O)C(=O)N1. The number of pyridine rings is 1. The minimum absolute atomic E-state index is 0.113. The molecular formula is C32H33N5O5. The van der Waals surface area contributed by atoms with Gasteiger partial charge < -0.3 is 15.0 Å². The van der Waals surface area contributed by atoms with Crippen LogP contribution in [-0.2, 0) is 38.6 Å². The van der Waals surface area contributed by atoms with Crippen molar-refractivity contribution in [3.05, 3.63) is 83.2 Å². The summed E-state index contributed by atoms with van der Waals surface area (Å²) in [7, 11) is 0. The number of aryl methyl sites for hydroxylation is 1. The molecule has 2 saturated heterocycles. The Morgan fingerprint density at radius 2 is 1.90 bits per heavy atom. The van der Waals surface area contributed by atoms with Crippen molar-refractivity contribution in [2.24, 2.45) is 0 Å². The third-order valence-corrected chi connectivity index (χ3v) is 8.09. The maximum Gasteiger partial charge on any atom is 0.255 e. The Morgan fingerprint density at radius 1 is 1.05 bits per heavy atom. The Balaban J connectivity index is 1.10. The Kier molecular flexibility index (Phi) is 8.07. The molecule has 3 aliphatic rings. The van der Waals surface area contributed by atoms with Crippen molar-refractivity contribution in [1.82, 2.24) is 20.1 Å². The van der Waals surface area contributed by atoms with Crippen LogP contribution in [-0.4, -0.2) is 70.8 Å². The number of ether oxygens (including phenoxy) is 1. The maximum absolute atomic E-state index is 13.1. The van der Waals surface area contributed by atoms with Gasteiger partial charge in [-0.1, -0.05) is 24.3 Å². The fourth-order valence-electron chi connectivity index (χ4n) is 5.84. The van der Waals surface area contributed by atoms with Crippen molar-refractivity contribution in [3.63, 3.8) is 0 Å². The Hall–Kier alpha value is -4.41. The number of aromatic nitrogens is 1. The summed E-state index contributed by atoms with van der Waals surface area (Å²) in [6, 6.07) is 14.9. The summed E-state index contributed by atoms with van der Waals surface area (Å²) in [4.78, 5) is 58.1. The van der Waals surface area contributed by atoms with E-state index >= 15 is 0 Å². The smallest absolute Gasteiger partial charge is 0.255 e. The largest absolute Gasteiger partial charge is 0.379 e. The fourth-order valence-corrected chi connectivity index (χ4v) is 5.84. The lowest BCUT2D eigenvalue weighted by Crippen LogP contribution is -2.52. The molecule has 10 nitrogen and oxygen atoms in total. The van der Waals surface area contributed by atoms with Crippen molar-refractivity contribution < 1.29 is 23.9 Å². The number of imide groups is 1. The van der Waals surface area contributed by atoms with Crippen LogP contribution in [0.4, 0.5) is 5.69 Å². The van der Waals surface area contributed by atoms with Crippen LogP contribution in [0, 0.1) is 0 Å². The van der Waals surface area contributed by atoms with Crippen LogP contribution in [0.2, 0.25) is 0 Å². The minimum atomic E-state index is -0.644. The van der Waals surface area contributed by atoms with E-state index in [0.29, 0.717) is 38.2 Å². The van der Waals surface area contributed by atoms with E-state index in [2.05, 4.69) is 20.5 Å². The highest BCUT2D eigenvalue weighted by Gasteiger charge is 2.39. The number of anilines is 1. The first-order valence-corrected chi connectivity index (χ1v) is 14.3. The van der Waals surface area contributed by atoms with E-state index in [-0.39, 0.29) is 30.6 Å². The summed E-state index contributed by atoms with van der Waals surface area (Å²) in [6.07, 6.45) is 4.88. The van der Waals surface area contributed by atoms with Gasteiger partial charge in [0.15, 0.2) is 0 Å². The predicted molar refractivity (Wildman–Crippen MR) is 155 cm³/mol. The number of carbonyl (C=O) groups is 4. The molecular weight excluding hydrogens is 534 g/mol. The second kappa shape index (κ2) is 12.2. The van der Waals surface area contributed by atoms with Crippen molar-refractivity contribution in [3.8, 4) is 11.1 Å². The zero-order chi connectivity index (χ0) is 29.1. The molecule has 0 saturated carbocycles. The average Bonchev–Trinajstić information content (AvgIpc) is 3.32. The van der Waals surface area contributed by atoms with Crippen LogP contribution < -0.4 is 10.6 Å². The first-order chi connectivity index (χ1) is 20.4. The number of nitrogens with one attached hydrogen (secondary N) is 2. The number of piperidine rings is 1. The topological polar surface area (TPSA) is 121 Å². The first-order valence-electron chi connectivity index (χ1n) is 14.3. The van der Waals surface area contributed by atoms with Gasteiger partial charge in [0, 0.05) is 68.2 Å². The van der Waals surface area contributed by atoms with Crippen LogP contribution in [0.1, 0.15) is 46.3 Å². The van der Waals surface area contributed by atoms with Gasteiger partial charge in [0.2, 0.25) is 17.7 Å². The molecule has 0 radical (unpaired) electrons. The van der Waals surface area contributed by atoms with Crippen molar-refractivity contribution in [2.45, 2.75) is 44.8 Å². The number of carbonyl (C=O) groups excluding carboxylic acids is 4. The van der Waals surface area contributed by atoms with Gasteiger partial charge in [-0.3, -0.25) is 34.4 Å². The highest BCUT2D eigenvalue weighted by atomic mass is 16.5. The van der Waals surface area contributed by atoms with Gasteiger partial charge in [0.1, 0.15) is 6.04 Å². The Labute approximate surface area is 244 Å². The molecule has 3 aromatic rings. The zero-order valence-electron chi connectivity index (χ0n) is 23.3. The molecule has 2 fully saturated rings. The monoisotopic (exact) mass is 567 g/mol. The van der Waals surface area contributed by atoms with Gasteiger partial charge in [-0.25, -0.2) is 0 Å². The molecule has 1 atom stereocenters. The second-order valence-corrected chi connectivity index (χ2v) is 10.9. The zero-order valence-corrected chi connectivity index (χ0v) is 23.3. The molecule has 2 N–H and O–H groups in total. The molecule has 42 heavy (non-hydrogen) atoms. The van der Waals surface area contributed by atoms with Crippen molar-refractivity contribution in [2.75, 3.05) is 31.6 Å². The van der Waals surface area contributed by atoms with Crippen LogP contribution >= 0.6 is 0 Å². The van der Waals surface area contributed by atoms with Gasteiger partial charge in [0.05, 0.1) is 13.2 Å². The minimum Gasteiger partial charge on any atom is -0.379 e. The third-order valence-electron chi connectivity index (χ3n) is 8.09. The first kappa shape index (κ1) is 27.7. The standard InChI is InChI=1S/C32H33N5O5/c38-29(9-4-21-3-5-23-20-37(32(41)27(23)16-21)28-8-10-30(39)35-31(28)40)34-25-6-7-26(22-2-1-11-33-18-22)24(17-25)19-36-12-14-42-15-13-36/h1-3,5-7,11,16-18,28H,4,8-10,12-15,19-20H2,(H,34,38)(H,35,39,40). The van der Waals surface area contributed by atoms with Crippen molar-refractivity contribution in [1.29, 1.82) is 0 Å². The summed E-state index contributed by atoms with van der Waals surface area (Å²) in [5, 5.41) is 5.37. The molecule has 216 valence electrons. The normalized spacial score (nSPS) is 19.0. The summed E-state index contributed by atoms with van der Waals surface area (Å²) < 4.78 is 5.51. The summed E-state index contributed by atoms with van der Waals surface area (Å²) in [5.41, 5.74) is 6.24. The maximum atomic E-state index is 13.1. The Bertz CT molecular complexity index is 1520. The number of amides is 4. The molecule has 4 heterocycles. The summed E-state index contributed by atoms with van der Waals surface area (Å²) in [5.74, 6) is -1.06. The van der Waals surface area contributed by atoms with Gasteiger partial charge in [-0.2, -0.15) is 0 Å². The van der Waals surface area contributed by atoms with Gasteiger partial charge in [-0.05, 0) is 59.4 Å². The van der Waals surface area contributed by atoms with Crippen molar-refractivity contribution >= 4 is 29.3 Å². The van der Waals surface area contributed by atoms with E-state index in [1.54, 1.807) is 6.20 Å². The number of fused-ring (bicyclic) bond motifs is 1. The van der Waals surface area contributed by atoms with E-state index in [1.807, 2.05) is 54.7 Å². The molecule has 2 aromatic carbocycles. The van der Waals surface area contributed by atoms with E-state index < -0.39 is 11.9 Å². The van der Waals surface area contributed by atoms with Crippen LogP contribution in [0.15, 0.2) is 60.9 Å². The molecule has 3 aliphatic heterocycles. The van der Waals surface area contributed by atoms with Crippen LogP contribution in [0.3, 0.4) is 0 Å². The number of rotatable bonds is 8. The molecule has 0 spiro atoms. The van der Waals surface area contributed by atoms with E-state index in [1.165, 1.54) is 4.90 Å². The highest BCUT2D eigenvalue weighted by Crippen LogP contribution is 2.30. The van der Waals surface area contributed by atoms with E-state index in [4.69, 9.17) is 4.74 Å². The predicted octanol–water partition coefficient (Wildman–Crippen LogP) is 2.91. The van der Waals surface area contributed by atoms with E-state index in [9.17, 15) is 19.2 Å². The summed E-state index contributed by atoms with van der Waals surface area (Å²) >= 11 is 0. The number of morpholine rings is 1. The molecule has 6 rings (SSSR count).